The van der Waals surface area contributed by atoms with Crippen LogP contribution in [0.4, 0.5) is 0 Å². The topological polar surface area (TPSA) is 53.2 Å². The van der Waals surface area contributed by atoms with E-state index in [0.717, 1.165) is 12.0 Å². The highest BCUT2D eigenvalue weighted by Crippen LogP contribution is 2.17. The molecule has 5 nitrogen and oxygen atoms in total. The summed E-state index contributed by atoms with van der Waals surface area (Å²) in [5.74, 6) is 0.671. The van der Waals surface area contributed by atoms with E-state index in [1.54, 1.807) is 17.9 Å². The molecule has 0 bridgehead atoms. The van der Waals surface area contributed by atoms with Gasteiger partial charge in [-0.15, -0.1) is 0 Å². The largest absolute Gasteiger partial charge is 0.496 e. The molecule has 0 saturated heterocycles. The molecule has 0 N–H and O–H groups in total. The molecule has 0 aliphatic carbocycles. The smallest absolute Gasteiger partial charge is 0.331 e. The standard InChI is InChI=1S/C15H18N2O3/c1-3-9-16-10-8-14(18)17(15(16)19)11-12-6-4-5-7-13(12)20-2/h4-8,10H,3,9,11H2,1-2H3. The van der Waals surface area contributed by atoms with Gasteiger partial charge in [-0.1, -0.05) is 25.1 Å². The molecular formula is C15H18N2O3. The molecule has 0 aliphatic heterocycles. The number of benzene rings is 1. The summed E-state index contributed by atoms with van der Waals surface area (Å²) in [6.07, 6.45) is 2.39. The average molecular weight is 274 g/mol. The number of hydrogen-bond acceptors (Lipinski definition) is 3. The fourth-order valence-corrected chi connectivity index (χ4v) is 2.12. The second-order valence-electron chi connectivity index (χ2n) is 4.53. The first-order valence-corrected chi connectivity index (χ1v) is 6.59. The van der Waals surface area contributed by atoms with Gasteiger partial charge in [0, 0.05) is 24.4 Å². The normalized spacial score (nSPS) is 10.5. The van der Waals surface area contributed by atoms with Crippen LogP contribution in [0.1, 0.15) is 18.9 Å². The van der Waals surface area contributed by atoms with Crippen molar-refractivity contribution in [3.8, 4) is 5.75 Å². The van der Waals surface area contributed by atoms with Crippen LogP contribution in [-0.2, 0) is 13.1 Å². The minimum atomic E-state index is -0.298. The molecule has 0 fully saturated rings. The number of nitrogens with zero attached hydrogens (tertiary/aromatic N) is 2. The van der Waals surface area contributed by atoms with Gasteiger partial charge in [-0.2, -0.15) is 0 Å². The van der Waals surface area contributed by atoms with E-state index in [1.165, 1.54) is 10.6 Å². The summed E-state index contributed by atoms with van der Waals surface area (Å²) < 4.78 is 8.03. The lowest BCUT2D eigenvalue weighted by Crippen LogP contribution is -2.39. The van der Waals surface area contributed by atoms with Crippen LogP contribution >= 0.6 is 0 Å². The number of hydrogen-bond donors (Lipinski definition) is 0. The number of rotatable bonds is 5. The number of aromatic nitrogens is 2. The minimum absolute atomic E-state index is 0.215. The summed E-state index contributed by atoms with van der Waals surface area (Å²) in [4.78, 5) is 24.2. The third-order valence-corrected chi connectivity index (χ3v) is 3.13. The fraction of sp³-hybridized carbons (Fsp3) is 0.333. The lowest BCUT2D eigenvalue weighted by atomic mass is 10.2. The van der Waals surface area contributed by atoms with E-state index in [2.05, 4.69) is 0 Å². The Kier molecular flexibility index (Phi) is 4.40. The number of methoxy groups -OCH3 is 1. The quantitative estimate of drug-likeness (QED) is 0.829. The van der Waals surface area contributed by atoms with Crippen LogP contribution in [0.3, 0.4) is 0 Å². The van der Waals surface area contributed by atoms with E-state index in [9.17, 15) is 9.59 Å². The molecular weight excluding hydrogens is 256 g/mol. The van der Waals surface area contributed by atoms with E-state index in [4.69, 9.17) is 4.74 Å². The Balaban J connectivity index is 2.46. The van der Waals surface area contributed by atoms with Crippen molar-refractivity contribution in [1.82, 2.24) is 9.13 Å². The van der Waals surface area contributed by atoms with Crippen LogP contribution < -0.4 is 16.0 Å². The summed E-state index contributed by atoms with van der Waals surface area (Å²) in [6, 6.07) is 8.80. The van der Waals surface area contributed by atoms with Crippen molar-refractivity contribution >= 4 is 0 Å². The second kappa shape index (κ2) is 6.23. The molecule has 2 aromatic rings. The van der Waals surface area contributed by atoms with Gasteiger partial charge in [-0.3, -0.25) is 9.36 Å². The number of para-hydroxylation sites is 1. The van der Waals surface area contributed by atoms with E-state index >= 15 is 0 Å². The Labute approximate surface area is 117 Å². The van der Waals surface area contributed by atoms with Gasteiger partial charge in [-0.05, 0) is 12.5 Å². The highest BCUT2D eigenvalue weighted by atomic mass is 16.5. The van der Waals surface area contributed by atoms with Crippen molar-refractivity contribution in [3.63, 3.8) is 0 Å². The molecule has 0 radical (unpaired) electrons. The molecule has 1 aromatic carbocycles. The van der Waals surface area contributed by atoms with Crippen LogP contribution in [0.15, 0.2) is 46.1 Å². The van der Waals surface area contributed by atoms with Crippen LogP contribution in [0.25, 0.3) is 0 Å². The summed E-state index contributed by atoms with van der Waals surface area (Å²) in [5.41, 5.74) is 0.224. The van der Waals surface area contributed by atoms with Gasteiger partial charge in [0.1, 0.15) is 5.75 Å². The Hall–Kier alpha value is -2.30. The summed E-state index contributed by atoms with van der Waals surface area (Å²) in [7, 11) is 1.57. The zero-order valence-corrected chi connectivity index (χ0v) is 11.7. The van der Waals surface area contributed by atoms with Crippen molar-refractivity contribution in [2.75, 3.05) is 7.11 Å². The van der Waals surface area contributed by atoms with Crippen LogP contribution in [0.5, 0.6) is 5.75 Å². The van der Waals surface area contributed by atoms with Gasteiger partial charge >= 0.3 is 5.69 Å². The maximum atomic E-state index is 12.3. The molecule has 106 valence electrons. The number of aryl methyl sites for hydroxylation is 1. The molecule has 0 saturated carbocycles. The summed E-state index contributed by atoms with van der Waals surface area (Å²) in [5, 5.41) is 0. The molecule has 0 amide bonds. The molecule has 0 unspecified atom stereocenters. The highest BCUT2D eigenvalue weighted by Gasteiger charge is 2.08. The van der Waals surface area contributed by atoms with Crippen molar-refractivity contribution in [1.29, 1.82) is 0 Å². The van der Waals surface area contributed by atoms with Crippen molar-refractivity contribution in [2.45, 2.75) is 26.4 Å². The first-order valence-electron chi connectivity index (χ1n) is 6.59. The van der Waals surface area contributed by atoms with Gasteiger partial charge in [-0.25, -0.2) is 4.79 Å². The molecule has 0 spiro atoms. The second-order valence-corrected chi connectivity index (χ2v) is 4.53. The average Bonchev–Trinajstić information content (AvgIpc) is 2.47. The molecule has 5 heteroatoms. The van der Waals surface area contributed by atoms with E-state index in [-0.39, 0.29) is 17.8 Å². The van der Waals surface area contributed by atoms with Crippen LogP contribution in [0, 0.1) is 0 Å². The molecule has 1 heterocycles. The molecule has 0 atom stereocenters. The molecule has 2 rings (SSSR count). The van der Waals surface area contributed by atoms with Gasteiger partial charge < -0.3 is 9.30 Å². The van der Waals surface area contributed by atoms with Gasteiger partial charge in [0.15, 0.2) is 0 Å². The van der Waals surface area contributed by atoms with Gasteiger partial charge in [0.2, 0.25) is 0 Å². The summed E-state index contributed by atoms with van der Waals surface area (Å²) in [6.45, 7) is 2.80. The predicted molar refractivity (Wildman–Crippen MR) is 77.3 cm³/mol. The monoisotopic (exact) mass is 274 g/mol. The lowest BCUT2D eigenvalue weighted by Gasteiger charge is -2.11. The number of ether oxygens (including phenoxy) is 1. The zero-order chi connectivity index (χ0) is 14.5. The Bertz CT molecular complexity index is 701. The van der Waals surface area contributed by atoms with Crippen molar-refractivity contribution in [2.24, 2.45) is 0 Å². The molecule has 1 aromatic heterocycles. The first kappa shape index (κ1) is 14.1. The van der Waals surface area contributed by atoms with Crippen LogP contribution in [-0.4, -0.2) is 16.2 Å². The fourth-order valence-electron chi connectivity index (χ4n) is 2.12. The first-order chi connectivity index (χ1) is 9.67. The maximum Gasteiger partial charge on any atom is 0.331 e. The van der Waals surface area contributed by atoms with Crippen molar-refractivity contribution < 1.29 is 4.74 Å². The summed E-state index contributed by atoms with van der Waals surface area (Å²) >= 11 is 0. The zero-order valence-electron chi connectivity index (χ0n) is 11.7. The van der Waals surface area contributed by atoms with E-state index < -0.39 is 0 Å². The predicted octanol–water partition coefficient (Wildman–Crippen LogP) is 1.48. The lowest BCUT2D eigenvalue weighted by molar-refractivity contribution is 0.407. The molecule has 0 aliphatic rings. The van der Waals surface area contributed by atoms with Crippen LogP contribution in [0.2, 0.25) is 0 Å². The van der Waals surface area contributed by atoms with Gasteiger partial charge in [0.05, 0.1) is 13.7 Å². The molecule has 20 heavy (non-hydrogen) atoms. The van der Waals surface area contributed by atoms with E-state index in [1.807, 2.05) is 31.2 Å². The third-order valence-electron chi connectivity index (χ3n) is 3.13. The SMILES string of the molecule is CCCn1ccc(=O)n(Cc2ccccc2OC)c1=O. The van der Waals surface area contributed by atoms with Gasteiger partial charge in [0.25, 0.3) is 5.56 Å². The Morgan fingerprint density at radius 2 is 1.90 bits per heavy atom. The third kappa shape index (κ3) is 2.82. The Morgan fingerprint density at radius 3 is 2.60 bits per heavy atom. The maximum absolute atomic E-state index is 12.3. The van der Waals surface area contributed by atoms with E-state index in [0.29, 0.717) is 12.3 Å². The Morgan fingerprint density at radius 1 is 1.15 bits per heavy atom. The van der Waals surface area contributed by atoms with Crippen molar-refractivity contribution in [3.05, 3.63) is 62.9 Å². The minimum Gasteiger partial charge on any atom is -0.496 e. The highest BCUT2D eigenvalue weighted by molar-refractivity contribution is 5.33.